The number of pyridine rings is 1. The van der Waals surface area contributed by atoms with Gasteiger partial charge in [-0.2, -0.15) is 5.26 Å². The molecule has 0 spiro atoms. The van der Waals surface area contributed by atoms with E-state index in [1.54, 1.807) is 12.4 Å². The van der Waals surface area contributed by atoms with Gasteiger partial charge in [-0.05, 0) is 50.2 Å². The molecule has 30 heavy (non-hydrogen) atoms. The molecule has 1 saturated heterocycles. The van der Waals surface area contributed by atoms with Crippen molar-refractivity contribution < 1.29 is 14.0 Å². The van der Waals surface area contributed by atoms with Gasteiger partial charge < -0.3 is 15.5 Å². The summed E-state index contributed by atoms with van der Waals surface area (Å²) in [5.74, 6) is -0.105. The predicted octanol–water partition coefficient (Wildman–Crippen LogP) is 1.84. The minimum atomic E-state index is -1.12. The highest BCUT2D eigenvalue weighted by Gasteiger charge is 2.52. The van der Waals surface area contributed by atoms with Crippen LogP contribution < -0.4 is 10.6 Å². The van der Waals surface area contributed by atoms with E-state index in [9.17, 15) is 14.0 Å². The zero-order valence-electron chi connectivity index (χ0n) is 17.1. The second-order valence-corrected chi connectivity index (χ2v) is 8.98. The van der Waals surface area contributed by atoms with E-state index in [2.05, 4.69) is 15.6 Å². The van der Waals surface area contributed by atoms with Crippen LogP contribution in [-0.4, -0.2) is 52.5 Å². The average molecular weight is 413 g/mol. The minimum absolute atomic E-state index is 0.00591. The first kappa shape index (κ1) is 20.7. The number of fused-ring (bicyclic) bond motifs is 3. The second kappa shape index (κ2) is 8.31. The fraction of sp³-hybridized carbons (Fsp3) is 0.636. The largest absolute Gasteiger partial charge is 0.351 e. The molecule has 160 valence electrons. The molecule has 2 bridgehead atoms. The van der Waals surface area contributed by atoms with Gasteiger partial charge in [-0.15, -0.1) is 0 Å². The number of halogens is 1. The molecule has 1 aliphatic heterocycles. The Hall–Kier alpha value is -2.53. The van der Waals surface area contributed by atoms with Crippen LogP contribution in [0.1, 0.15) is 50.5 Å². The summed E-state index contributed by atoms with van der Waals surface area (Å²) < 4.78 is 13.6. The van der Waals surface area contributed by atoms with E-state index in [0.717, 1.165) is 44.1 Å². The monoisotopic (exact) mass is 413 g/mol. The number of nitrogens with one attached hydrogen (secondary N) is 2. The standard InChI is InChI=1S/C22H28FN5O2/c23-17-10-18(11-24)28(15-17)19(29)14-27-22-6-3-21(4-7-22,5-8-22)20(30)26-13-16-2-1-9-25-12-16/h1-2,9,12,17-18,27H,3-8,10,13-15H2,(H,26,30). The van der Waals surface area contributed by atoms with Gasteiger partial charge in [0, 0.05) is 36.3 Å². The van der Waals surface area contributed by atoms with Crippen molar-refractivity contribution in [2.75, 3.05) is 13.1 Å². The maximum Gasteiger partial charge on any atom is 0.237 e. The van der Waals surface area contributed by atoms with E-state index < -0.39 is 12.2 Å². The summed E-state index contributed by atoms with van der Waals surface area (Å²) in [6.07, 6.45) is 7.36. The maximum absolute atomic E-state index is 13.6. The lowest BCUT2D eigenvalue weighted by Gasteiger charge is -2.53. The molecule has 4 fully saturated rings. The van der Waals surface area contributed by atoms with Crippen LogP contribution in [0.15, 0.2) is 24.5 Å². The summed E-state index contributed by atoms with van der Waals surface area (Å²) in [5.41, 5.74) is 0.521. The van der Waals surface area contributed by atoms with Crippen molar-refractivity contribution in [1.29, 1.82) is 5.26 Å². The number of aromatic nitrogens is 1. The predicted molar refractivity (Wildman–Crippen MR) is 108 cm³/mol. The molecule has 3 saturated carbocycles. The van der Waals surface area contributed by atoms with Crippen molar-refractivity contribution in [2.45, 2.75) is 69.2 Å². The number of amides is 2. The molecule has 3 aliphatic carbocycles. The Morgan fingerprint density at radius 2 is 2.00 bits per heavy atom. The molecule has 7 nitrogen and oxygen atoms in total. The molecular weight excluding hydrogens is 385 g/mol. The summed E-state index contributed by atoms with van der Waals surface area (Å²) in [6, 6.07) is 5.16. The SMILES string of the molecule is N#CC1CC(F)CN1C(=O)CNC12CCC(C(=O)NCc3cccnc3)(CC1)CC2. The Kier molecular flexibility index (Phi) is 5.74. The van der Waals surface area contributed by atoms with Gasteiger partial charge >= 0.3 is 0 Å². The third-order valence-corrected chi connectivity index (χ3v) is 7.24. The van der Waals surface area contributed by atoms with Crippen molar-refractivity contribution in [3.63, 3.8) is 0 Å². The highest BCUT2D eigenvalue weighted by atomic mass is 19.1. The van der Waals surface area contributed by atoms with Crippen LogP contribution in [0.3, 0.4) is 0 Å². The third-order valence-electron chi connectivity index (χ3n) is 7.24. The average Bonchev–Trinajstić information content (AvgIpc) is 3.18. The number of likely N-dealkylation sites (tertiary alicyclic amines) is 1. The number of nitriles is 1. The van der Waals surface area contributed by atoms with Gasteiger partial charge in [0.2, 0.25) is 11.8 Å². The van der Waals surface area contributed by atoms with Crippen LogP contribution in [-0.2, 0) is 16.1 Å². The van der Waals surface area contributed by atoms with Gasteiger partial charge in [0.25, 0.3) is 0 Å². The molecule has 5 rings (SSSR count). The lowest BCUT2D eigenvalue weighted by Crippen LogP contribution is -2.60. The van der Waals surface area contributed by atoms with Gasteiger partial charge in [0.15, 0.2) is 0 Å². The molecule has 0 aromatic carbocycles. The van der Waals surface area contributed by atoms with E-state index in [1.807, 2.05) is 18.2 Å². The van der Waals surface area contributed by atoms with Crippen LogP contribution >= 0.6 is 0 Å². The molecule has 2 amide bonds. The summed E-state index contributed by atoms with van der Waals surface area (Å²) in [6.45, 7) is 0.606. The van der Waals surface area contributed by atoms with Gasteiger partial charge in [-0.25, -0.2) is 4.39 Å². The second-order valence-electron chi connectivity index (χ2n) is 8.98. The molecular formula is C22H28FN5O2. The molecule has 0 radical (unpaired) electrons. The van der Waals surface area contributed by atoms with Gasteiger partial charge in [0.1, 0.15) is 12.2 Å². The summed E-state index contributed by atoms with van der Waals surface area (Å²) in [4.78, 5) is 30.9. The van der Waals surface area contributed by atoms with Crippen molar-refractivity contribution in [3.05, 3.63) is 30.1 Å². The zero-order valence-corrected chi connectivity index (χ0v) is 17.1. The molecule has 2 heterocycles. The topological polar surface area (TPSA) is 98.1 Å². The molecule has 4 aliphatic rings. The quantitative estimate of drug-likeness (QED) is 0.742. The highest BCUT2D eigenvalue weighted by Crippen LogP contribution is 2.52. The Labute approximate surface area is 176 Å². The van der Waals surface area contributed by atoms with Crippen molar-refractivity contribution >= 4 is 11.8 Å². The Morgan fingerprint density at radius 3 is 2.63 bits per heavy atom. The van der Waals surface area contributed by atoms with E-state index in [4.69, 9.17) is 5.26 Å². The number of hydrogen-bond acceptors (Lipinski definition) is 5. The van der Waals surface area contributed by atoms with E-state index >= 15 is 0 Å². The number of rotatable bonds is 6. The number of carbonyl (C=O) groups is 2. The van der Waals surface area contributed by atoms with Crippen LogP contribution in [0.25, 0.3) is 0 Å². The lowest BCUT2D eigenvalue weighted by molar-refractivity contribution is -0.139. The first-order valence-electron chi connectivity index (χ1n) is 10.7. The molecule has 2 atom stereocenters. The molecule has 2 N–H and O–H groups in total. The summed E-state index contributed by atoms with van der Waals surface area (Å²) >= 11 is 0. The lowest BCUT2D eigenvalue weighted by atomic mass is 9.57. The third kappa shape index (κ3) is 4.04. The molecule has 8 heteroatoms. The number of hydrogen-bond donors (Lipinski definition) is 2. The smallest absolute Gasteiger partial charge is 0.237 e. The fourth-order valence-corrected chi connectivity index (χ4v) is 5.21. The van der Waals surface area contributed by atoms with E-state index in [1.165, 1.54) is 4.90 Å². The summed E-state index contributed by atoms with van der Waals surface area (Å²) in [7, 11) is 0. The molecule has 2 unspecified atom stereocenters. The fourth-order valence-electron chi connectivity index (χ4n) is 5.21. The number of nitrogens with zero attached hydrogens (tertiary/aromatic N) is 3. The maximum atomic E-state index is 13.6. The molecule has 1 aromatic rings. The van der Waals surface area contributed by atoms with Crippen LogP contribution in [0.4, 0.5) is 4.39 Å². The van der Waals surface area contributed by atoms with Crippen molar-refractivity contribution in [1.82, 2.24) is 20.5 Å². The van der Waals surface area contributed by atoms with Crippen LogP contribution in [0.5, 0.6) is 0 Å². The number of alkyl halides is 1. The van der Waals surface area contributed by atoms with Gasteiger partial charge in [-0.1, -0.05) is 6.07 Å². The van der Waals surface area contributed by atoms with Gasteiger partial charge in [0.05, 0.1) is 19.2 Å². The van der Waals surface area contributed by atoms with E-state index in [-0.39, 0.29) is 42.3 Å². The number of carbonyl (C=O) groups excluding carboxylic acids is 2. The van der Waals surface area contributed by atoms with Gasteiger partial charge in [-0.3, -0.25) is 14.6 Å². The Bertz CT molecular complexity index is 815. The van der Waals surface area contributed by atoms with Crippen molar-refractivity contribution in [2.24, 2.45) is 5.41 Å². The van der Waals surface area contributed by atoms with Crippen molar-refractivity contribution in [3.8, 4) is 6.07 Å². The van der Waals surface area contributed by atoms with Crippen LogP contribution in [0, 0.1) is 16.7 Å². The first-order chi connectivity index (χ1) is 14.5. The Morgan fingerprint density at radius 1 is 1.27 bits per heavy atom. The molecule has 1 aromatic heterocycles. The normalized spacial score (nSPS) is 32.6. The zero-order chi connectivity index (χ0) is 21.2. The summed E-state index contributed by atoms with van der Waals surface area (Å²) in [5, 5.41) is 15.6. The highest BCUT2D eigenvalue weighted by molar-refractivity contribution is 5.83. The first-order valence-corrected chi connectivity index (χ1v) is 10.7. The Balaban J connectivity index is 1.28. The minimum Gasteiger partial charge on any atom is -0.351 e. The van der Waals surface area contributed by atoms with Crippen LogP contribution in [0.2, 0.25) is 0 Å². The van der Waals surface area contributed by atoms with E-state index in [0.29, 0.717) is 6.54 Å².